The number of nitrogens with zero attached hydrogens (tertiary/aromatic N) is 2. The number of rotatable bonds is 2. The zero-order valence-corrected chi connectivity index (χ0v) is 15.7. The van der Waals surface area contributed by atoms with Crippen molar-refractivity contribution < 1.29 is 13.6 Å². The summed E-state index contributed by atoms with van der Waals surface area (Å²) in [4.78, 5) is 14.7. The number of fused-ring (bicyclic) bond motifs is 1. The summed E-state index contributed by atoms with van der Waals surface area (Å²) in [5, 5.41) is 2.60. The van der Waals surface area contributed by atoms with E-state index in [9.17, 15) is 13.6 Å². The zero-order valence-electron chi connectivity index (χ0n) is 15.7. The molecular formula is C22H21F2N3O. The van der Waals surface area contributed by atoms with Crippen molar-refractivity contribution in [1.29, 1.82) is 0 Å². The Bertz CT molecular complexity index is 1040. The molecule has 1 N–H and O–H groups in total. The molecule has 0 saturated heterocycles. The van der Waals surface area contributed by atoms with Gasteiger partial charge in [-0.1, -0.05) is 23.8 Å². The lowest BCUT2D eigenvalue weighted by Crippen LogP contribution is -2.44. The Morgan fingerprint density at radius 3 is 2.64 bits per heavy atom. The molecule has 0 saturated carbocycles. The molecule has 0 fully saturated rings. The van der Waals surface area contributed by atoms with E-state index in [1.54, 1.807) is 4.90 Å². The summed E-state index contributed by atoms with van der Waals surface area (Å²) in [6.07, 6.45) is 2.00. The second kappa shape index (κ2) is 7.11. The van der Waals surface area contributed by atoms with Gasteiger partial charge in [-0.2, -0.15) is 0 Å². The van der Waals surface area contributed by atoms with Gasteiger partial charge in [-0.15, -0.1) is 0 Å². The van der Waals surface area contributed by atoms with Crippen molar-refractivity contribution in [2.75, 3.05) is 11.9 Å². The van der Waals surface area contributed by atoms with E-state index in [4.69, 9.17) is 0 Å². The lowest BCUT2D eigenvalue weighted by molar-refractivity contribution is 0.181. The van der Waals surface area contributed by atoms with Gasteiger partial charge < -0.3 is 14.8 Å². The first-order chi connectivity index (χ1) is 13.4. The zero-order chi connectivity index (χ0) is 19.8. The monoisotopic (exact) mass is 381 g/mol. The van der Waals surface area contributed by atoms with E-state index < -0.39 is 17.7 Å². The van der Waals surface area contributed by atoms with Crippen molar-refractivity contribution in [3.05, 3.63) is 88.7 Å². The summed E-state index contributed by atoms with van der Waals surface area (Å²) in [5.41, 5.74) is 4.24. The van der Waals surface area contributed by atoms with Gasteiger partial charge in [-0.25, -0.2) is 13.6 Å². The molecule has 28 heavy (non-hydrogen) atoms. The molecule has 1 atom stereocenters. The third-order valence-corrected chi connectivity index (χ3v) is 5.19. The number of aryl methyl sites for hydroxylation is 2. The van der Waals surface area contributed by atoms with Gasteiger partial charge in [0.1, 0.15) is 11.6 Å². The van der Waals surface area contributed by atoms with E-state index >= 15 is 0 Å². The Kier molecular flexibility index (Phi) is 4.63. The predicted octanol–water partition coefficient (Wildman–Crippen LogP) is 5.02. The van der Waals surface area contributed by atoms with E-state index in [1.165, 1.54) is 6.07 Å². The molecule has 6 heteroatoms. The van der Waals surface area contributed by atoms with Gasteiger partial charge in [-0.3, -0.25) is 0 Å². The SMILES string of the molecule is Cc1ccc(C2c3cccn3CCN2C(=O)Nc2ccc(F)cc2F)c(C)c1. The van der Waals surface area contributed by atoms with Crippen LogP contribution in [0.5, 0.6) is 0 Å². The van der Waals surface area contributed by atoms with Crippen LogP contribution in [0.4, 0.5) is 19.3 Å². The second-order valence-electron chi connectivity index (χ2n) is 7.14. The first-order valence-electron chi connectivity index (χ1n) is 9.19. The fourth-order valence-corrected chi connectivity index (χ4v) is 3.84. The van der Waals surface area contributed by atoms with Crippen LogP contribution in [0.15, 0.2) is 54.7 Å². The number of carbonyl (C=O) groups excluding carboxylic acids is 1. The molecule has 1 aliphatic rings. The van der Waals surface area contributed by atoms with Crippen LogP contribution in [0.2, 0.25) is 0 Å². The molecule has 144 valence electrons. The standard InChI is InChI=1S/C22H21F2N3O/c1-14-5-7-17(15(2)12-14)21-20-4-3-9-26(20)10-11-27(21)22(28)25-19-8-6-16(23)13-18(19)24/h3-9,12-13,21H,10-11H2,1-2H3,(H,25,28). The van der Waals surface area contributed by atoms with Crippen LogP contribution in [-0.2, 0) is 6.54 Å². The quantitative estimate of drug-likeness (QED) is 0.665. The lowest BCUT2D eigenvalue weighted by Gasteiger charge is -2.38. The largest absolute Gasteiger partial charge is 0.348 e. The summed E-state index contributed by atoms with van der Waals surface area (Å²) >= 11 is 0. The van der Waals surface area contributed by atoms with E-state index in [-0.39, 0.29) is 11.7 Å². The molecule has 2 amide bonds. The summed E-state index contributed by atoms with van der Waals surface area (Å²) in [5.74, 6) is -1.48. The Morgan fingerprint density at radius 1 is 1.07 bits per heavy atom. The van der Waals surface area contributed by atoms with Crippen LogP contribution in [0, 0.1) is 25.5 Å². The molecule has 2 heterocycles. The van der Waals surface area contributed by atoms with Crippen molar-refractivity contribution in [2.45, 2.75) is 26.4 Å². The molecule has 1 unspecified atom stereocenters. The topological polar surface area (TPSA) is 37.3 Å². The Morgan fingerprint density at radius 2 is 1.89 bits per heavy atom. The number of nitrogens with one attached hydrogen (secondary N) is 1. The van der Waals surface area contributed by atoms with E-state index in [2.05, 4.69) is 16.0 Å². The van der Waals surface area contributed by atoms with Gasteiger partial charge in [-0.05, 0) is 49.2 Å². The third-order valence-electron chi connectivity index (χ3n) is 5.19. The van der Waals surface area contributed by atoms with Crippen LogP contribution in [0.1, 0.15) is 28.4 Å². The summed E-state index contributed by atoms with van der Waals surface area (Å²) in [6, 6.07) is 12.6. The average molecular weight is 381 g/mol. The molecule has 0 radical (unpaired) electrons. The van der Waals surface area contributed by atoms with Crippen LogP contribution in [-0.4, -0.2) is 22.0 Å². The highest BCUT2D eigenvalue weighted by Crippen LogP contribution is 2.35. The van der Waals surface area contributed by atoms with E-state index in [0.29, 0.717) is 13.1 Å². The molecule has 1 aromatic heterocycles. The highest BCUT2D eigenvalue weighted by molar-refractivity contribution is 5.90. The number of hydrogen-bond donors (Lipinski definition) is 1. The fraction of sp³-hybridized carbons (Fsp3) is 0.227. The molecule has 1 aliphatic heterocycles. The Labute approximate surface area is 162 Å². The van der Waals surface area contributed by atoms with Gasteiger partial charge >= 0.3 is 6.03 Å². The fourth-order valence-electron chi connectivity index (χ4n) is 3.84. The highest BCUT2D eigenvalue weighted by atomic mass is 19.1. The molecule has 4 nitrogen and oxygen atoms in total. The first-order valence-corrected chi connectivity index (χ1v) is 9.19. The minimum absolute atomic E-state index is 0.0354. The number of amides is 2. The number of halogens is 2. The average Bonchev–Trinajstić information content (AvgIpc) is 3.12. The van der Waals surface area contributed by atoms with Gasteiger partial charge in [0.05, 0.1) is 11.7 Å². The highest BCUT2D eigenvalue weighted by Gasteiger charge is 2.33. The summed E-state index contributed by atoms with van der Waals surface area (Å²) < 4.78 is 29.3. The first kappa shape index (κ1) is 18.2. The van der Waals surface area contributed by atoms with Gasteiger partial charge in [0.2, 0.25) is 0 Å². The Balaban J connectivity index is 1.71. The van der Waals surface area contributed by atoms with E-state index in [1.807, 2.05) is 44.3 Å². The molecule has 0 bridgehead atoms. The van der Waals surface area contributed by atoms with Crippen LogP contribution in [0.25, 0.3) is 0 Å². The molecule has 4 rings (SSSR count). The number of hydrogen-bond acceptors (Lipinski definition) is 1. The molecular weight excluding hydrogens is 360 g/mol. The van der Waals surface area contributed by atoms with Crippen LogP contribution < -0.4 is 5.32 Å². The number of anilines is 1. The summed E-state index contributed by atoms with van der Waals surface area (Å²) in [7, 11) is 0. The molecule has 3 aromatic rings. The van der Waals surface area contributed by atoms with E-state index in [0.717, 1.165) is 34.5 Å². The minimum Gasteiger partial charge on any atom is -0.348 e. The predicted molar refractivity (Wildman–Crippen MR) is 104 cm³/mol. The maximum atomic E-state index is 14.0. The van der Waals surface area contributed by atoms with Crippen molar-refractivity contribution in [3.63, 3.8) is 0 Å². The van der Waals surface area contributed by atoms with Crippen LogP contribution in [0.3, 0.4) is 0 Å². The maximum Gasteiger partial charge on any atom is 0.322 e. The molecule has 0 aliphatic carbocycles. The number of aromatic nitrogens is 1. The maximum absolute atomic E-state index is 14.0. The van der Waals surface area contributed by atoms with Crippen LogP contribution >= 0.6 is 0 Å². The van der Waals surface area contributed by atoms with Gasteiger partial charge in [0, 0.05) is 31.0 Å². The van der Waals surface area contributed by atoms with Crippen molar-refractivity contribution in [2.24, 2.45) is 0 Å². The van der Waals surface area contributed by atoms with Crippen molar-refractivity contribution >= 4 is 11.7 Å². The van der Waals surface area contributed by atoms with Gasteiger partial charge in [0.15, 0.2) is 0 Å². The Hall–Kier alpha value is -3.15. The number of urea groups is 1. The second-order valence-corrected chi connectivity index (χ2v) is 7.14. The number of benzene rings is 2. The van der Waals surface area contributed by atoms with Crippen molar-refractivity contribution in [3.8, 4) is 0 Å². The molecule has 2 aromatic carbocycles. The normalized spacial score (nSPS) is 16.0. The smallest absolute Gasteiger partial charge is 0.322 e. The minimum atomic E-state index is -0.795. The molecule has 0 spiro atoms. The number of carbonyl (C=O) groups is 1. The lowest BCUT2D eigenvalue weighted by atomic mass is 9.94. The third kappa shape index (κ3) is 3.26. The summed E-state index contributed by atoms with van der Waals surface area (Å²) in [6.45, 7) is 5.19. The van der Waals surface area contributed by atoms with Crippen molar-refractivity contribution in [1.82, 2.24) is 9.47 Å². The van der Waals surface area contributed by atoms with Gasteiger partial charge in [0.25, 0.3) is 0 Å².